The van der Waals surface area contributed by atoms with E-state index in [1.807, 2.05) is 6.33 Å². The predicted molar refractivity (Wildman–Crippen MR) is 88.3 cm³/mol. The summed E-state index contributed by atoms with van der Waals surface area (Å²) < 4.78 is 2.31. The zero-order chi connectivity index (χ0) is 14.7. The maximum absolute atomic E-state index is 4.51. The van der Waals surface area contributed by atoms with Gasteiger partial charge in [-0.3, -0.25) is 0 Å². The van der Waals surface area contributed by atoms with Crippen LogP contribution < -0.4 is 5.32 Å². The topological polar surface area (TPSA) is 29.9 Å². The summed E-state index contributed by atoms with van der Waals surface area (Å²) in [6, 6.07) is 8.97. The number of nitrogens with one attached hydrogen (secondary N) is 1. The van der Waals surface area contributed by atoms with E-state index < -0.39 is 0 Å². The molecule has 1 fully saturated rings. The van der Waals surface area contributed by atoms with Gasteiger partial charge >= 0.3 is 0 Å². The summed E-state index contributed by atoms with van der Waals surface area (Å²) in [6.07, 6.45) is 8.90. The zero-order valence-corrected chi connectivity index (χ0v) is 13.3. The summed E-state index contributed by atoms with van der Waals surface area (Å²) in [5.74, 6) is 1.77. The van der Waals surface area contributed by atoms with Crippen LogP contribution in [0.1, 0.15) is 39.0 Å². The van der Waals surface area contributed by atoms with Gasteiger partial charge < -0.3 is 9.88 Å². The fraction of sp³-hybridized carbons (Fsp3) is 0.611. The second kappa shape index (κ2) is 6.61. The number of nitrogens with zero attached hydrogens (tertiary/aromatic N) is 2. The van der Waals surface area contributed by atoms with Crippen LogP contribution in [-0.2, 0) is 6.54 Å². The van der Waals surface area contributed by atoms with Gasteiger partial charge in [0.1, 0.15) is 0 Å². The van der Waals surface area contributed by atoms with Crippen molar-refractivity contribution in [3.05, 3.63) is 30.6 Å². The Balaban J connectivity index is 1.70. The Morgan fingerprint density at radius 2 is 2.00 bits per heavy atom. The van der Waals surface area contributed by atoms with Crippen molar-refractivity contribution in [2.45, 2.75) is 51.6 Å². The van der Waals surface area contributed by atoms with Gasteiger partial charge in [-0.05, 0) is 43.9 Å². The van der Waals surface area contributed by atoms with Gasteiger partial charge in [0.2, 0.25) is 0 Å². The summed E-state index contributed by atoms with van der Waals surface area (Å²) >= 11 is 0. The Labute approximate surface area is 127 Å². The predicted octanol–water partition coefficient (Wildman–Crippen LogP) is 3.84. The summed E-state index contributed by atoms with van der Waals surface area (Å²) in [5, 5.41) is 3.56. The van der Waals surface area contributed by atoms with Gasteiger partial charge in [0.15, 0.2) is 0 Å². The van der Waals surface area contributed by atoms with Crippen LogP contribution in [0.25, 0.3) is 11.0 Å². The maximum Gasteiger partial charge on any atom is 0.0958 e. The molecule has 0 bridgehead atoms. The van der Waals surface area contributed by atoms with E-state index in [2.05, 4.69) is 53.1 Å². The third-order valence-electron chi connectivity index (χ3n) is 5.33. The molecule has 1 aliphatic rings. The lowest BCUT2D eigenvalue weighted by molar-refractivity contribution is 0.211. The third kappa shape index (κ3) is 3.13. The van der Waals surface area contributed by atoms with Crippen LogP contribution >= 0.6 is 0 Å². The highest BCUT2D eigenvalue weighted by atomic mass is 15.1. The number of likely N-dealkylation sites (N-methyl/N-ethyl adjacent to an activating group) is 1. The lowest BCUT2D eigenvalue weighted by Crippen LogP contribution is -2.39. The highest BCUT2D eigenvalue weighted by molar-refractivity contribution is 5.74. The van der Waals surface area contributed by atoms with Crippen LogP contribution in [0.15, 0.2) is 30.6 Å². The molecule has 1 aromatic carbocycles. The first kappa shape index (κ1) is 14.6. The van der Waals surface area contributed by atoms with Gasteiger partial charge in [0.25, 0.3) is 0 Å². The van der Waals surface area contributed by atoms with E-state index in [1.54, 1.807) is 0 Å². The normalized spacial score (nSPS) is 24.3. The fourth-order valence-electron chi connectivity index (χ4n) is 3.84. The summed E-state index contributed by atoms with van der Waals surface area (Å²) in [6.45, 7) is 3.36. The monoisotopic (exact) mass is 285 g/mol. The molecule has 1 unspecified atom stereocenters. The number of benzene rings is 1. The molecular formula is C18H27N3. The second-order valence-electron chi connectivity index (χ2n) is 6.47. The molecule has 114 valence electrons. The molecule has 1 atom stereocenters. The third-order valence-corrected chi connectivity index (χ3v) is 5.33. The van der Waals surface area contributed by atoms with E-state index in [1.165, 1.54) is 37.6 Å². The number of fused-ring (bicyclic) bond motifs is 1. The van der Waals surface area contributed by atoms with Gasteiger partial charge in [-0.1, -0.05) is 38.3 Å². The van der Waals surface area contributed by atoms with Crippen LogP contribution in [0, 0.1) is 11.8 Å². The largest absolute Gasteiger partial charge is 0.329 e. The van der Waals surface area contributed by atoms with Crippen molar-refractivity contribution in [3.8, 4) is 0 Å². The Kier molecular flexibility index (Phi) is 4.59. The van der Waals surface area contributed by atoms with Gasteiger partial charge in [-0.2, -0.15) is 0 Å². The minimum Gasteiger partial charge on any atom is -0.329 e. The Morgan fingerprint density at radius 3 is 2.71 bits per heavy atom. The van der Waals surface area contributed by atoms with E-state index in [9.17, 15) is 0 Å². The van der Waals surface area contributed by atoms with E-state index >= 15 is 0 Å². The molecule has 0 amide bonds. The number of aromatic nitrogens is 2. The van der Waals surface area contributed by atoms with Crippen LogP contribution in [0.4, 0.5) is 0 Å². The average molecular weight is 285 g/mol. The van der Waals surface area contributed by atoms with E-state index in [-0.39, 0.29) is 0 Å². The smallest absolute Gasteiger partial charge is 0.0958 e. The summed E-state index contributed by atoms with van der Waals surface area (Å²) in [5.41, 5.74) is 2.35. The Bertz CT molecular complexity index is 567. The van der Waals surface area contributed by atoms with Crippen LogP contribution in [-0.4, -0.2) is 22.6 Å². The standard InChI is InChI=1S/C18H27N3/c1-3-14-8-10-15(11-9-14)17(19-2)12-21-13-20-16-6-4-5-7-18(16)21/h4-7,13-15,17,19H,3,8-12H2,1-2H3. The van der Waals surface area contributed by atoms with Crippen molar-refractivity contribution in [1.29, 1.82) is 0 Å². The molecule has 0 radical (unpaired) electrons. The van der Waals surface area contributed by atoms with E-state index in [0.717, 1.165) is 23.9 Å². The number of imidazole rings is 1. The van der Waals surface area contributed by atoms with Crippen molar-refractivity contribution in [2.24, 2.45) is 11.8 Å². The van der Waals surface area contributed by atoms with E-state index in [4.69, 9.17) is 0 Å². The van der Waals surface area contributed by atoms with Crippen molar-refractivity contribution < 1.29 is 0 Å². The number of hydrogen-bond acceptors (Lipinski definition) is 2. The molecule has 1 aliphatic carbocycles. The number of rotatable bonds is 5. The minimum atomic E-state index is 0.556. The second-order valence-corrected chi connectivity index (χ2v) is 6.47. The molecule has 0 saturated heterocycles. The molecule has 1 saturated carbocycles. The molecule has 3 heteroatoms. The maximum atomic E-state index is 4.51. The molecular weight excluding hydrogens is 258 g/mol. The molecule has 1 aromatic heterocycles. The summed E-state index contributed by atoms with van der Waals surface area (Å²) in [4.78, 5) is 4.51. The van der Waals surface area contributed by atoms with Crippen LogP contribution in [0.5, 0.6) is 0 Å². The van der Waals surface area contributed by atoms with Crippen molar-refractivity contribution in [2.75, 3.05) is 7.05 Å². The number of hydrogen-bond donors (Lipinski definition) is 1. The van der Waals surface area contributed by atoms with Crippen LogP contribution in [0.3, 0.4) is 0 Å². The van der Waals surface area contributed by atoms with Gasteiger partial charge in [0.05, 0.1) is 17.4 Å². The highest BCUT2D eigenvalue weighted by Crippen LogP contribution is 2.33. The van der Waals surface area contributed by atoms with Gasteiger partial charge in [-0.25, -0.2) is 4.98 Å². The van der Waals surface area contributed by atoms with E-state index in [0.29, 0.717) is 6.04 Å². The summed E-state index contributed by atoms with van der Waals surface area (Å²) in [7, 11) is 2.11. The lowest BCUT2D eigenvalue weighted by Gasteiger charge is -2.33. The quantitative estimate of drug-likeness (QED) is 0.904. The average Bonchev–Trinajstić information content (AvgIpc) is 2.96. The van der Waals surface area contributed by atoms with Crippen molar-refractivity contribution in [3.63, 3.8) is 0 Å². The Morgan fingerprint density at radius 1 is 1.24 bits per heavy atom. The fourth-order valence-corrected chi connectivity index (χ4v) is 3.84. The molecule has 0 spiro atoms. The molecule has 3 rings (SSSR count). The SMILES string of the molecule is CCC1CCC(C(Cn2cnc3ccccc32)NC)CC1. The lowest BCUT2D eigenvalue weighted by atomic mass is 9.77. The van der Waals surface area contributed by atoms with Crippen molar-refractivity contribution in [1.82, 2.24) is 14.9 Å². The first-order chi connectivity index (χ1) is 10.3. The molecule has 3 nitrogen and oxygen atoms in total. The molecule has 21 heavy (non-hydrogen) atoms. The molecule has 1 N–H and O–H groups in total. The molecule has 2 aromatic rings. The zero-order valence-electron chi connectivity index (χ0n) is 13.3. The Hall–Kier alpha value is -1.35. The van der Waals surface area contributed by atoms with Crippen LogP contribution in [0.2, 0.25) is 0 Å². The number of para-hydroxylation sites is 2. The first-order valence-electron chi connectivity index (χ1n) is 8.39. The molecule has 0 aliphatic heterocycles. The minimum absolute atomic E-state index is 0.556. The van der Waals surface area contributed by atoms with Gasteiger partial charge in [-0.15, -0.1) is 0 Å². The van der Waals surface area contributed by atoms with Gasteiger partial charge in [0, 0.05) is 12.6 Å². The molecule has 1 heterocycles. The first-order valence-corrected chi connectivity index (χ1v) is 8.39. The van der Waals surface area contributed by atoms with Crippen molar-refractivity contribution >= 4 is 11.0 Å². The highest BCUT2D eigenvalue weighted by Gasteiger charge is 2.26.